The van der Waals surface area contributed by atoms with Gasteiger partial charge in [0.05, 0.1) is 9.82 Å². The Labute approximate surface area is 142 Å². The average molecular weight is 364 g/mol. The van der Waals surface area contributed by atoms with E-state index in [9.17, 15) is 18.5 Å². The molecule has 1 aromatic rings. The van der Waals surface area contributed by atoms with Gasteiger partial charge >= 0.3 is 0 Å². The van der Waals surface area contributed by atoms with Gasteiger partial charge in [-0.05, 0) is 38.8 Å². The third-order valence-electron chi connectivity index (χ3n) is 3.96. The van der Waals surface area contributed by atoms with Crippen LogP contribution in [0.5, 0.6) is 0 Å². The molecule has 7 nitrogen and oxygen atoms in total. The molecular weight excluding hydrogens is 342 g/mol. The lowest BCUT2D eigenvalue weighted by molar-refractivity contribution is -0.385. The first-order valence-corrected chi connectivity index (χ1v) is 8.58. The van der Waals surface area contributed by atoms with Crippen molar-refractivity contribution in [3.8, 4) is 0 Å². The maximum absolute atomic E-state index is 12.9. The largest absolute Gasteiger partial charge is 0.309 e. The summed E-state index contributed by atoms with van der Waals surface area (Å²) in [4.78, 5) is 10.5. The number of nitrogens with one attached hydrogen (secondary N) is 1. The lowest BCUT2D eigenvalue weighted by atomic mass is 10.1. The van der Waals surface area contributed by atoms with Crippen LogP contribution in [0.25, 0.3) is 0 Å². The summed E-state index contributed by atoms with van der Waals surface area (Å²) in [5.41, 5.74) is 0.964. The number of rotatable bonds is 3. The van der Waals surface area contributed by atoms with Gasteiger partial charge in [-0.25, -0.2) is 8.42 Å². The van der Waals surface area contributed by atoms with Crippen molar-refractivity contribution >= 4 is 28.1 Å². The van der Waals surface area contributed by atoms with Gasteiger partial charge in [-0.3, -0.25) is 10.1 Å². The van der Waals surface area contributed by atoms with Crippen molar-refractivity contribution in [3.63, 3.8) is 0 Å². The van der Waals surface area contributed by atoms with Gasteiger partial charge in [0.2, 0.25) is 10.0 Å². The Morgan fingerprint density at radius 1 is 1.22 bits per heavy atom. The molecule has 1 N–H and O–H groups in total. The monoisotopic (exact) mass is 363 g/mol. The van der Waals surface area contributed by atoms with Crippen LogP contribution in [0.2, 0.25) is 0 Å². The zero-order valence-electron chi connectivity index (χ0n) is 13.6. The van der Waals surface area contributed by atoms with Crippen LogP contribution in [0.1, 0.15) is 25.0 Å². The van der Waals surface area contributed by atoms with E-state index in [4.69, 9.17) is 0 Å². The molecule has 1 aliphatic rings. The van der Waals surface area contributed by atoms with Crippen molar-refractivity contribution in [1.82, 2.24) is 9.62 Å². The molecule has 1 saturated heterocycles. The summed E-state index contributed by atoms with van der Waals surface area (Å²) in [6, 6.07) is 2.64. The molecule has 2 unspecified atom stereocenters. The standard InChI is InChI=1S/C14H21N3O4S.ClH/c1-9-5-13(17(18)19)6-14(12(9)4)22(20,21)16-7-10(2)15-11(3)8-16;/h5-6,10-11,15H,7-8H2,1-4H3;1H. The van der Waals surface area contributed by atoms with Gasteiger partial charge in [-0.2, -0.15) is 4.31 Å². The van der Waals surface area contributed by atoms with Crippen molar-refractivity contribution in [2.75, 3.05) is 13.1 Å². The fourth-order valence-corrected chi connectivity index (χ4v) is 4.73. The highest BCUT2D eigenvalue weighted by atomic mass is 35.5. The second-order valence-electron chi connectivity index (χ2n) is 5.93. The molecule has 0 aliphatic carbocycles. The van der Waals surface area contributed by atoms with Crippen molar-refractivity contribution < 1.29 is 13.3 Å². The molecule has 0 amide bonds. The Bertz CT molecular complexity index is 698. The fraction of sp³-hybridized carbons (Fsp3) is 0.571. The number of hydrogen-bond donors (Lipinski definition) is 1. The molecule has 1 fully saturated rings. The molecular formula is C14H22ClN3O4S. The Kier molecular flexibility index (Phi) is 6.14. The zero-order chi connectivity index (χ0) is 16.7. The average Bonchev–Trinajstić information content (AvgIpc) is 2.40. The van der Waals surface area contributed by atoms with E-state index in [0.717, 1.165) is 6.07 Å². The van der Waals surface area contributed by atoms with Crippen LogP contribution < -0.4 is 5.32 Å². The highest BCUT2D eigenvalue weighted by Crippen LogP contribution is 2.28. The number of benzene rings is 1. The summed E-state index contributed by atoms with van der Waals surface area (Å²) in [6.45, 7) is 7.92. The summed E-state index contributed by atoms with van der Waals surface area (Å²) in [5.74, 6) is 0. The number of nitrogens with zero attached hydrogens (tertiary/aromatic N) is 2. The van der Waals surface area contributed by atoms with E-state index in [-0.39, 0.29) is 35.1 Å². The van der Waals surface area contributed by atoms with Crippen molar-refractivity contribution in [3.05, 3.63) is 33.4 Å². The Hall–Kier alpha value is -1.22. The van der Waals surface area contributed by atoms with Gasteiger partial charge in [0, 0.05) is 37.3 Å². The predicted octanol–water partition coefficient (Wildman–Crippen LogP) is 2.00. The Morgan fingerprint density at radius 3 is 2.22 bits per heavy atom. The molecule has 0 aromatic heterocycles. The third kappa shape index (κ3) is 4.00. The molecule has 130 valence electrons. The number of hydrogen-bond acceptors (Lipinski definition) is 5. The second kappa shape index (κ2) is 7.12. The quantitative estimate of drug-likeness (QED) is 0.655. The van der Waals surface area contributed by atoms with Crippen LogP contribution in [0.3, 0.4) is 0 Å². The van der Waals surface area contributed by atoms with Gasteiger partial charge in [-0.1, -0.05) is 0 Å². The van der Waals surface area contributed by atoms with Gasteiger partial charge in [0.1, 0.15) is 0 Å². The molecule has 2 rings (SSSR count). The molecule has 1 aromatic carbocycles. The van der Waals surface area contributed by atoms with E-state index in [1.54, 1.807) is 13.8 Å². The maximum Gasteiger partial charge on any atom is 0.271 e. The molecule has 0 radical (unpaired) electrons. The summed E-state index contributed by atoms with van der Waals surface area (Å²) in [5, 5.41) is 14.3. The number of piperazine rings is 1. The van der Waals surface area contributed by atoms with E-state index in [0.29, 0.717) is 24.2 Å². The first kappa shape index (κ1) is 19.8. The molecule has 0 spiro atoms. The first-order valence-electron chi connectivity index (χ1n) is 7.14. The summed E-state index contributed by atoms with van der Waals surface area (Å²) >= 11 is 0. The highest BCUT2D eigenvalue weighted by Gasteiger charge is 2.33. The highest BCUT2D eigenvalue weighted by molar-refractivity contribution is 7.89. The Balaban J connectivity index is 0.00000264. The summed E-state index contributed by atoms with van der Waals surface area (Å²) in [6.07, 6.45) is 0. The van der Waals surface area contributed by atoms with Crippen LogP contribution in [0.15, 0.2) is 17.0 Å². The third-order valence-corrected chi connectivity index (χ3v) is 5.91. The zero-order valence-corrected chi connectivity index (χ0v) is 15.2. The van der Waals surface area contributed by atoms with Gasteiger partial charge < -0.3 is 5.32 Å². The number of nitro benzene ring substituents is 1. The minimum absolute atomic E-state index is 0. The summed E-state index contributed by atoms with van der Waals surface area (Å²) in [7, 11) is -3.75. The van der Waals surface area contributed by atoms with Crippen molar-refractivity contribution in [2.45, 2.75) is 44.7 Å². The van der Waals surface area contributed by atoms with E-state index >= 15 is 0 Å². The number of halogens is 1. The minimum atomic E-state index is -3.75. The van der Waals surface area contributed by atoms with Crippen LogP contribution in [0, 0.1) is 24.0 Å². The van der Waals surface area contributed by atoms with E-state index in [2.05, 4.69) is 5.32 Å². The van der Waals surface area contributed by atoms with E-state index < -0.39 is 14.9 Å². The molecule has 23 heavy (non-hydrogen) atoms. The van der Waals surface area contributed by atoms with Crippen LogP contribution in [-0.2, 0) is 10.0 Å². The second-order valence-corrected chi connectivity index (χ2v) is 7.84. The van der Waals surface area contributed by atoms with Crippen molar-refractivity contribution in [2.24, 2.45) is 0 Å². The van der Waals surface area contributed by atoms with E-state index in [1.165, 1.54) is 10.4 Å². The van der Waals surface area contributed by atoms with Gasteiger partial charge in [0.25, 0.3) is 5.69 Å². The normalized spacial score (nSPS) is 22.4. The number of nitro groups is 1. The van der Waals surface area contributed by atoms with Crippen molar-refractivity contribution in [1.29, 1.82) is 0 Å². The molecule has 0 bridgehead atoms. The maximum atomic E-state index is 12.9. The minimum Gasteiger partial charge on any atom is -0.309 e. The topological polar surface area (TPSA) is 92.5 Å². The Morgan fingerprint density at radius 2 is 1.74 bits per heavy atom. The SMILES string of the molecule is Cc1cc([N+](=O)[O-])cc(S(=O)(=O)N2CC(C)NC(C)C2)c1C.Cl. The smallest absolute Gasteiger partial charge is 0.271 e. The fourth-order valence-electron chi connectivity index (χ4n) is 2.79. The van der Waals surface area contributed by atoms with Crippen LogP contribution in [0.4, 0.5) is 5.69 Å². The number of aryl methyl sites for hydroxylation is 1. The number of sulfonamides is 1. The molecule has 0 saturated carbocycles. The molecule has 1 heterocycles. The van der Waals surface area contributed by atoms with Gasteiger partial charge in [0.15, 0.2) is 0 Å². The molecule has 1 aliphatic heterocycles. The lowest BCUT2D eigenvalue weighted by Gasteiger charge is -2.35. The molecule has 2 atom stereocenters. The predicted molar refractivity (Wildman–Crippen MR) is 90.6 cm³/mol. The van der Waals surface area contributed by atoms with Crippen LogP contribution in [-0.4, -0.2) is 42.8 Å². The summed E-state index contributed by atoms with van der Waals surface area (Å²) < 4.78 is 27.2. The molecule has 9 heteroatoms. The van der Waals surface area contributed by atoms with E-state index in [1.807, 2.05) is 13.8 Å². The lowest BCUT2D eigenvalue weighted by Crippen LogP contribution is -2.55. The van der Waals surface area contributed by atoms with Gasteiger partial charge in [-0.15, -0.1) is 12.4 Å². The first-order chi connectivity index (χ1) is 10.1. The van der Waals surface area contributed by atoms with Crippen LogP contribution >= 0.6 is 12.4 Å². The number of non-ortho nitro benzene ring substituents is 1.